The highest BCUT2D eigenvalue weighted by Crippen LogP contribution is 2.21. The van der Waals surface area contributed by atoms with Crippen molar-refractivity contribution in [2.45, 2.75) is 46.2 Å². The zero-order valence-electron chi connectivity index (χ0n) is 14.4. The van der Waals surface area contributed by atoms with Gasteiger partial charge in [-0.3, -0.25) is 9.69 Å². The maximum absolute atomic E-state index is 12.3. The maximum Gasteiger partial charge on any atom is 0.323 e. The monoisotopic (exact) mass is 304 g/mol. The quantitative estimate of drug-likeness (QED) is 0.864. The SMILES string of the molecule is COC(=O)[C@H](Cc1c(C)cc(C)cc1C)N1CCN[C@@H](C)C1. The Bertz CT molecular complexity index is 519. The minimum Gasteiger partial charge on any atom is -0.468 e. The minimum atomic E-state index is -0.199. The van der Waals surface area contributed by atoms with Gasteiger partial charge in [-0.25, -0.2) is 0 Å². The van der Waals surface area contributed by atoms with Crippen molar-refractivity contribution < 1.29 is 9.53 Å². The van der Waals surface area contributed by atoms with Gasteiger partial charge in [-0.2, -0.15) is 0 Å². The fourth-order valence-corrected chi connectivity index (χ4v) is 3.47. The van der Waals surface area contributed by atoms with Gasteiger partial charge in [0.05, 0.1) is 7.11 Å². The van der Waals surface area contributed by atoms with Crippen molar-refractivity contribution in [3.8, 4) is 0 Å². The Morgan fingerprint density at radius 1 is 1.36 bits per heavy atom. The Labute approximate surface area is 133 Å². The second-order valence-electron chi connectivity index (χ2n) is 6.47. The number of hydrogen-bond donors (Lipinski definition) is 1. The number of nitrogens with one attached hydrogen (secondary N) is 1. The number of aryl methyl sites for hydroxylation is 3. The summed E-state index contributed by atoms with van der Waals surface area (Å²) in [4.78, 5) is 14.6. The van der Waals surface area contributed by atoms with Crippen LogP contribution in [-0.2, 0) is 16.0 Å². The molecule has 1 saturated heterocycles. The second kappa shape index (κ2) is 7.25. The number of benzene rings is 1. The van der Waals surface area contributed by atoms with E-state index in [-0.39, 0.29) is 12.0 Å². The summed E-state index contributed by atoms with van der Waals surface area (Å²) >= 11 is 0. The molecule has 2 rings (SSSR count). The number of methoxy groups -OCH3 is 1. The van der Waals surface area contributed by atoms with Gasteiger partial charge in [0.1, 0.15) is 6.04 Å². The van der Waals surface area contributed by atoms with Crippen LogP contribution in [0.1, 0.15) is 29.2 Å². The third kappa shape index (κ3) is 3.87. The van der Waals surface area contributed by atoms with Crippen LogP contribution in [0.4, 0.5) is 0 Å². The number of piperazine rings is 1. The summed E-state index contributed by atoms with van der Waals surface area (Å²) in [6.07, 6.45) is 0.720. The number of esters is 1. The van der Waals surface area contributed by atoms with Crippen molar-refractivity contribution in [3.05, 3.63) is 34.4 Å². The highest BCUT2D eigenvalue weighted by Gasteiger charge is 2.30. The minimum absolute atomic E-state index is 0.131. The topological polar surface area (TPSA) is 41.6 Å². The van der Waals surface area contributed by atoms with Gasteiger partial charge in [0.15, 0.2) is 0 Å². The summed E-state index contributed by atoms with van der Waals surface area (Å²) in [6, 6.07) is 4.59. The van der Waals surface area contributed by atoms with Crippen LogP contribution >= 0.6 is 0 Å². The van der Waals surface area contributed by atoms with Crippen molar-refractivity contribution >= 4 is 5.97 Å². The maximum atomic E-state index is 12.3. The summed E-state index contributed by atoms with van der Waals surface area (Å²) in [5, 5.41) is 3.42. The molecule has 1 aliphatic rings. The number of hydrogen-bond acceptors (Lipinski definition) is 4. The molecule has 0 saturated carbocycles. The molecule has 1 N–H and O–H groups in total. The molecule has 0 aromatic heterocycles. The van der Waals surface area contributed by atoms with Crippen LogP contribution in [0.2, 0.25) is 0 Å². The van der Waals surface area contributed by atoms with E-state index in [1.54, 1.807) is 0 Å². The predicted molar refractivity (Wildman–Crippen MR) is 89.2 cm³/mol. The van der Waals surface area contributed by atoms with Gasteiger partial charge < -0.3 is 10.1 Å². The zero-order valence-corrected chi connectivity index (χ0v) is 14.4. The van der Waals surface area contributed by atoms with E-state index in [2.05, 4.69) is 50.0 Å². The molecule has 0 spiro atoms. The van der Waals surface area contributed by atoms with Gasteiger partial charge >= 0.3 is 5.97 Å². The molecular formula is C18H28N2O2. The molecule has 122 valence electrons. The Morgan fingerprint density at radius 3 is 2.55 bits per heavy atom. The number of ether oxygens (including phenoxy) is 1. The lowest BCUT2D eigenvalue weighted by atomic mass is 9.93. The standard InChI is InChI=1S/C18H28N2O2/c1-12-8-13(2)16(14(3)9-12)10-17(18(21)22-5)20-7-6-19-15(4)11-20/h8-9,15,17,19H,6-7,10-11H2,1-5H3/t15-,17-/m0/s1. The molecule has 1 fully saturated rings. The predicted octanol–water partition coefficient (Wildman–Crippen LogP) is 1.99. The molecule has 1 aromatic carbocycles. The van der Waals surface area contributed by atoms with E-state index in [9.17, 15) is 4.79 Å². The Balaban J connectivity index is 2.25. The van der Waals surface area contributed by atoms with Crippen LogP contribution < -0.4 is 5.32 Å². The highest BCUT2D eigenvalue weighted by atomic mass is 16.5. The molecule has 2 atom stereocenters. The first-order valence-corrected chi connectivity index (χ1v) is 8.04. The normalized spacial score (nSPS) is 20.7. The van der Waals surface area contributed by atoms with Crippen molar-refractivity contribution in [3.63, 3.8) is 0 Å². The Kier molecular flexibility index (Phi) is 5.59. The lowest BCUT2D eigenvalue weighted by Gasteiger charge is -2.36. The number of nitrogens with zero attached hydrogens (tertiary/aromatic N) is 1. The van der Waals surface area contributed by atoms with E-state index in [0.717, 1.165) is 26.1 Å². The number of rotatable bonds is 4. The third-order valence-electron chi connectivity index (χ3n) is 4.55. The van der Waals surface area contributed by atoms with Crippen molar-refractivity contribution in [2.75, 3.05) is 26.7 Å². The van der Waals surface area contributed by atoms with Crippen molar-refractivity contribution in [2.24, 2.45) is 0 Å². The second-order valence-corrected chi connectivity index (χ2v) is 6.47. The van der Waals surface area contributed by atoms with Gasteiger partial charge in [-0.1, -0.05) is 17.7 Å². The van der Waals surface area contributed by atoms with E-state index < -0.39 is 0 Å². The third-order valence-corrected chi connectivity index (χ3v) is 4.55. The molecule has 0 radical (unpaired) electrons. The summed E-state index contributed by atoms with van der Waals surface area (Å²) in [5.74, 6) is -0.131. The summed E-state index contributed by atoms with van der Waals surface area (Å²) in [5.41, 5.74) is 5.06. The highest BCUT2D eigenvalue weighted by molar-refractivity contribution is 5.76. The van der Waals surface area contributed by atoms with Crippen molar-refractivity contribution in [1.82, 2.24) is 10.2 Å². The Morgan fingerprint density at radius 2 is 2.00 bits per heavy atom. The van der Waals surface area contributed by atoms with Crippen LogP contribution in [0, 0.1) is 20.8 Å². The molecule has 22 heavy (non-hydrogen) atoms. The van der Waals surface area contributed by atoms with Crippen LogP contribution in [0.3, 0.4) is 0 Å². The molecule has 0 bridgehead atoms. The zero-order chi connectivity index (χ0) is 16.3. The lowest BCUT2D eigenvalue weighted by molar-refractivity contribution is -0.147. The average Bonchev–Trinajstić information content (AvgIpc) is 2.45. The molecule has 0 unspecified atom stereocenters. The number of carbonyl (C=O) groups excluding carboxylic acids is 1. The van der Waals surface area contributed by atoms with Gasteiger partial charge in [-0.05, 0) is 50.8 Å². The first-order valence-electron chi connectivity index (χ1n) is 8.04. The van der Waals surface area contributed by atoms with E-state index >= 15 is 0 Å². The number of carbonyl (C=O) groups is 1. The first-order chi connectivity index (χ1) is 10.4. The molecule has 1 heterocycles. The van der Waals surface area contributed by atoms with E-state index in [4.69, 9.17) is 4.74 Å². The molecule has 4 heteroatoms. The van der Waals surface area contributed by atoms with Crippen LogP contribution in [-0.4, -0.2) is 49.7 Å². The lowest BCUT2D eigenvalue weighted by Crippen LogP contribution is -2.55. The van der Waals surface area contributed by atoms with Gasteiger partial charge in [0.25, 0.3) is 0 Å². The molecule has 1 aromatic rings. The van der Waals surface area contributed by atoms with Crippen LogP contribution in [0.5, 0.6) is 0 Å². The Hall–Kier alpha value is -1.39. The van der Waals surface area contributed by atoms with Gasteiger partial charge in [-0.15, -0.1) is 0 Å². The molecule has 0 amide bonds. The van der Waals surface area contributed by atoms with Gasteiger partial charge in [0, 0.05) is 25.7 Å². The fraction of sp³-hybridized carbons (Fsp3) is 0.611. The van der Waals surface area contributed by atoms with E-state index in [1.165, 1.54) is 29.4 Å². The summed E-state index contributed by atoms with van der Waals surface area (Å²) < 4.78 is 5.08. The molecule has 1 aliphatic heterocycles. The van der Waals surface area contributed by atoms with Crippen LogP contribution in [0.15, 0.2) is 12.1 Å². The van der Waals surface area contributed by atoms with Gasteiger partial charge in [0.2, 0.25) is 0 Å². The summed E-state index contributed by atoms with van der Waals surface area (Å²) in [7, 11) is 1.48. The molecule has 0 aliphatic carbocycles. The van der Waals surface area contributed by atoms with E-state index in [1.807, 2.05) is 0 Å². The largest absolute Gasteiger partial charge is 0.468 e. The van der Waals surface area contributed by atoms with Crippen molar-refractivity contribution in [1.29, 1.82) is 0 Å². The summed E-state index contributed by atoms with van der Waals surface area (Å²) in [6.45, 7) is 11.2. The smallest absolute Gasteiger partial charge is 0.323 e. The average molecular weight is 304 g/mol. The fourth-order valence-electron chi connectivity index (χ4n) is 3.47. The first kappa shape index (κ1) is 17.0. The van der Waals surface area contributed by atoms with Crippen LogP contribution in [0.25, 0.3) is 0 Å². The van der Waals surface area contributed by atoms with E-state index in [0.29, 0.717) is 6.04 Å². The molecular weight excluding hydrogens is 276 g/mol. The molecule has 4 nitrogen and oxygen atoms in total.